The Morgan fingerprint density at radius 1 is 0.765 bits per heavy atom. The molecule has 0 spiro atoms. The van der Waals surface area contributed by atoms with Gasteiger partial charge in [0, 0.05) is 89.6 Å². The number of piperidine rings is 1. The summed E-state index contributed by atoms with van der Waals surface area (Å²) in [6.07, 6.45) is 14.5. The summed E-state index contributed by atoms with van der Waals surface area (Å²) >= 11 is 0. The number of anilines is 2. The first-order valence-corrected chi connectivity index (χ1v) is 41.9. The number of aryl methyl sites for hydroxylation is 1. The van der Waals surface area contributed by atoms with Crippen LogP contribution in [0.5, 0.6) is 0 Å². The van der Waals surface area contributed by atoms with E-state index in [1.54, 1.807) is 55.8 Å². The molecule has 1 aliphatic carbocycles. The molecule has 0 radical (unpaired) electrons. The molecule has 3 fully saturated rings. The number of Topliss-reactive ketones (excluding diaryl/α,β-unsaturated/α-hetero) is 1. The van der Waals surface area contributed by atoms with E-state index in [0.717, 1.165) is 24.0 Å². The minimum atomic E-state index is -2.47. The van der Waals surface area contributed by atoms with Gasteiger partial charge in [-0.25, -0.2) is 24.1 Å². The largest absolute Gasteiger partial charge is 0.459 e. The van der Waals surface area contributed by atoms with Crippen molar-refractivity contribution in [3.63, 3.8) is 0 Å². The van der Waals surface area contributed by atoms with Crippen molar-refractivity contribution in [2.45, 2.75) is 224 Å². The van der Waals surface area contributed by atoms with Crippen LogP contribution in [0.25, 0.3) is 33.4 Å². The van der Waals surface area contributed by atoms with E-state index in [2.05, 4.69) is 35.7 Å². The predicted octanol–water partition coefficient (Wildman–Crippen LogP) is 6.46. The number of aliphatic hydroxyl groups is 4. The average molecular weight is 1670 g/mol. The van der Waals surface area contributed by atoms with E-state index in [4.69, 9.17) is 83.7 Å². The average Bonchev–Trinajstić information content (AvgIpc) is 1.62. The minimum absolute atomic E-state index is 0.00847. The second kappa shape index (κ2) is 48.5. The Morgan fingerprint density at radius 2 is 1.47 bits per heavy atom. The lowest BCUT2D eigenvalue weighted by Gasteiger charge is -2.43. The van der Waals surface area contributed by atoms with Gasteiger partial charge in [-0.2, -0.15) is 10.1 Å². The van der Waals surface area contributed by atoms with E-state index in [1.807, 2.05) is 70.2 Å². The van der Waals surface area contributed by atoms with Crippen molar-refractivity contribution < 1.29 is 101 Å². The van der Waals surface area contributed by atoms with E-state index in [9.17, 15) is 39.6 Å². The lowest BCUT2D eigenvalue weighted by Crippen LogP contribution is -2.61. The van der Waals surface area contributed by atoms with E-state index in [-0.39, 0.29) is 74.9 Å². The molecule has 35 heteroatoms. The molecule has 9 rings (SSSR count). The van der Waals surface area contributed by atoms with Crippen LogP contribution in [0, 0.1) is 29.6 Å². The molecule has 119 heavy (non-hydrogen) atoms. The Hall–Kier alpha value is -8.11. The summed E-state index contributed by atoms with van der Waals surface area (Å²) in [7, 11) is 4.66. The van der Waals surface area contributed by atoms with Crippen molar-refractivity contribution in [3.8, 4) is 11.3 Å². The second-order valence-corrected chi connectivity index (χ2v) is 31.6. The van der Waals surface area contributed by atoms with E-state index < -0.39 is 102 Å². The van der Waals surface area contributed by atoms with Crippen molar-refractivity contribution in [2.75, 3.05) is 125 Å². The molecule has 11 N–H and O–H groups in total. The van der Waals surface area contributed by atoms with Gasteiger partial charge in [0.1, 0.15) is 53.4 Å². The highest BCUT2D eigenvalue weighted by Gasteiger charge is 2.53. The highest BCUT2D eigenvalue weighted by Crippen LogP contribution is 2.39. The van der Waals surface area contributed by atoms with Crippen molar-refractivity contribution in [3.05, 3.63) is 84.0 Å². The lowest BCUT2D eigenvalue weighted by molar-refractivity contribution is -0.265. The number of unbranched alkanes of at least 4 members (excludes halogenated alkanes) is 1. The van der Waals surface area contributed by atoms with Gasteiger partial charge in [0.05, 0.1) is 134 Å². The van der Waals surface area contributed by atoms with Crippen LogP contribution in [-0.4, -0.2) is 275 Å². The number of oxime groups is 1. The number of benzene rings is 1. The number of aromatic nitrogens is 8. The van der Waals surface area contributed by atoms with Crippen molar-refractivity contribution >= 4 is 63.2 Å². The number of nitrogens with two attached hydrogens (primary N) is 3. The number of ether oxygens (including phenoxy) is 11. The zero-order valence-electron chi connectivity index (χ0n) is 70.6. The van der Waals surface area contributed by atoms with Gasteiger partial charge in [0.25, 0.3) is 17.7 Å². The van der Waals surface area contributed by atoms with Gasteiger partial charge in [0.2, 0.25) is 11.7 Å². The summed E-state index contributed by atoms with van der Waals surface area (Å²) < 4.78 is 73.1. The van der Waals surface area contributed by atoms with Gasteiger partial charge in [-0.1, -0.05) is 74.5 Å². The van der Waals surface area contributed by atoms with Crippen molar-refractivity contribution in [2.24, 2.45) is 40.5 Å². The molecule has 4 aromatic heterocycles. The molecule has 660 valence electrons. The summed E-state index contributed by atoms with van der Waals surface area (Å²) in [5.41, 5.74) is 24.2. The van der Waals surface area contributed by atoms with Crippen molar-refractivity contribution in [1.82, 2.24) is 49.9 Å². The van der Waals surface area contributed by atoms with Crippen molar-refractivity contribution in [1.29, 1.82) is 0 Å². The number of cyclic esters (lactones) is 1. The lowest BCUT2D eigenvalue weighted by atomic mass is 9.80. The number of ketones is 1. The van der Waals surface area contributed by atoms with Gasteiger partial charge in [-0.05, 0) is 132 Å². The number of nitrogens with zero attached hydrogens (tertiary/aromatic N) is 10. The van der Waals surface area contributed by atoms with Crippen LogP contribution in [0.15, 0.2) is 87.9 Å². The van der Waals surface area contributed by atoms with Crippen LogP contribution in [0.3, 0.4) is 0 Å². The molecule has 4 aliphatic rings. The van der Waals surface area contributed by atoms with E-state index in [0.29, 0.717) is 195 Å². The van der Waals surface area contributed by atoms with Crippen LogP contribution in [0.4, 0.5) is 11.8 Å². The van der Waals surface area contributed by atoms with E-state index >= 15 is 0 Å². The summed E-state index contributed by atoms with van der Waals surface area (Å²) in [6.45, 7) is 16.9. The molecular weight excluding hydrogens is 1540 g/mol. The zero-order valence-corrected chi connectivity index (χ0v) is 70.6. The quantitative estimate of drug-likeness (QED) is 0.00701. The Labute approximate surface area is 696 Å². The monoisotopic (exact) mass is 1670 g/mol. The fourth-order valence-electron chi connectivity index (χ4n) is 15.7. The zero-order chi connectivity index (χ0) is 85.4. The Balaban J connectivity index is 0.683. The summed E-state index contributed by atoms with van der Waals surface area (Å²) in [4.78, 5) is 76.2. The molecule has 7 heterocycles. The number of oxazole rings is 1. The van der Waals surface area contributed by atoms with E-state index in [1.165, 1.54) is 18.3 Å². The molecule has 2 amide bonds. The first-order valence-electron chi connectivity index (χ1n) is 41.9. The number of allylic oxidation sites excluding steroid dienone is 5. The topological polar surface area (TPSA) is 466 Å². The van der Waals surface area contributed by atoms with Crippen LogP contribution in [0.1, 0.15) is 144 Å². The molecule has 35 nitrogen and oxygen atoms in total. The number of hydrogen-bond donors (Lipinski definition) is 8. The van der Waals surface area contributed by atoms with Crippen LogP contribution in [-0.2, 0) is 95.8 Å². The normalized spacial score (nSPS) is 28.4. The number of nitrogens with one attached hydrogen (secondary N) is 1. The highest BCUT2D eigenvalue weighted by atomic mass is 16.6. The number of esters is 1. The van der Waals surface area contributed by atoms with Gasteiger partial charge in [-0.15, -0.1) is 5.10 Å². The van der Waals surface area contributed by atoms with Gasteiger partial charge < -0.3 is 109 Å². The first-order chi connectivity index (χ1) is 57.4. The second-order valence-electron chi connectivity index (χ2n) is 31.6. The molecule has 5 aromatic rings. The summed E-state index contributed by atoms with van der Waals surface area (Å²) in [5, 5.41) is 68.5. The standard InChI is InChI=1S/C84H128N14O21/c1-53-17-11-10-12-18-54(2)68(107-7)48-62-23-20-58(6)84(106,119-62)78(103)81(104)97-28-15-13-19-65(97)82(105)117-70(63(85)45-59-21-24-66(99)71(46-59)109-9)49-69(108-8)55(3)44-57(5)76(101)77(102)74(56(4)43-53)94-116-51-61-50-96(95-92-61)30-32-111-34-36-113-38-40-115-42-41-114-39-37-112-35-33-110-31-26-72(100)88-27-14-16-29-98-80-73(79(86)89-52-90-80)75(93-98)60-22-25-67-64(47-60)91-83(87)118-67/h10-12,17-18,22,25,44,47,50,52-53,55-56,58-59,62-63,65-66,68-71,76-77,99,101-102,106H,13-16,19-21,23-24,26-43,45-46,48-49,51,85H2,1-9H3,(H2,87,91)(H,88,100)(H2,86,89,90)/b12-10+,17-11+,54-18+,57-44+,94-74-/t53?,55?,56?,58-,59?,62+,63-,65?,66?,68?,69-,70?,71-,76?,77+,84-/m1/s1. The molecule has 1 saturated carbocycles. The molecule has 1 aromatic carbocycles. The van der Waals surface area contributed by atoms with Gasteiger partial charge in [-0.3, -0.25) is 14.4 Å². The minimum Gasteiger partial charge on any atom is -0.459 e. The number of fused-ring (bicyclic) bond motifs is 5. The summed E-state index contributed by atoms with van der Waals surface area (Å²) in [5.74, 6) is -6.86. The number of hydrogen-bond acceptors (Lipinski definition) is 31. The fourth-order valence-corrected chi connectivity index (χ4v) is 15.7. The number of carbonyl (C=O) groups excluding carboxylic acids is 4. The predicted molar refractivity (Wildman–Crippen MR) is 441 cm³/mol. The fraction of sp³-hybridized carbons (Fsp3) is 0.679. The SMILES string of the molecule is COC1C[C@@H]2CC[C@@H](C)[C@@](O)(O2)C(=O)C(=O)N2CCCCC2C(=O)OC([C@H](N)CC2CCC(O)[C@H](OC)C2)C[C@@H](OC)C(C)/C=C(\C)C(O)[C@@H](O)/C(=N\OCc2cn(CCOCCOCCOCCOCCOCCOCCC(=O)NCCCCn3nc(-c4ccc5oc(N)nc5c4)c4c(N)ncnc43)nn2)C(C)CC(C)/C=C/C=C/C=C/1C. The third kappa shape index (κ3) is 28.2. The Kier molecular flexibility index (Phi) is 38.6. The van der Waals surface area contributed by atoms with Crippen LogP contribution < -0.4 is 22.5 Å². The smallest absolute Gasteiger partial charge is 0.329 e. The molecular formula is C84H128N14O21. The maximum Gasteiger partial charge on any atom is 0.329 e. The molecule has 2 bridgehead atoms. The number of amides is 2. The number of aliphatic hydroxyl groups excluding tert-OH is 3. The van der Waals surface area contributed by atoms with Gasteiger partial charge >= 0.3 is 5.97 Å². The number of rotatable bonds is 36. The number of carbonyl (C=O) groups is 4. The van der Waals surface area contributed by atoms with Crippen LogP contribution in [0.2, 0.25) is 0 Å². The number of methoxy groups -OCH3 is 3. The maximum atomic E-state index is 14.8. The highest BCUT2D eigenvalue weighted by molar-refractivity contribution is 6.39. The number of nitrogen functional groups attached to an aromatic ring is 2. The third-order valence-electron chi connectivity index (χ3n) is 22.6. The first kappa shape index (κ1) is 94.7. The molecule has 2 saturated heterocycles. The molecule has 3 aliphatic heterocycles. The summed E-state index contributed by atoms with van der Waals surface area (Å²) in [6, 6.07) is 3.63. The third-order valence-corrected chi connectivity index (χ3v) is 22.6. The Bertz CT molecular complexity index is 4130. The maximum absolute atomic E-state index is 14.8. The van der Waals surface area contributed by atoms with Gasteiger partial charge in [0.15, 0.2) is 17.8 Å². The molecule has 9 unspecified atom stereocenters. The van der Waals surface area contributed by atoms with Crippen LogP contribution >= 0.6 is 0 Å². The molecule has 16 atom stereocenters. The Morgan fingerprint density at radius 3 is 2.18 bits per heavy atom.